The van der Waals surface area contributed by atoms with Gasteiger partial charge in [-0.2, -0.15) is 0 Å². The maximum absolute atomic E-state index is 12.4. The first-order chi connectivity index (χ1) is 13.3. The zero-order valence-corrected chi connectivity index (χ0v) is 17.1. The highest BCUT2D eigenvalue weighted by molar-refractivity contribution is 7.99. The number of thioether (sulfide) groups is 1. The lowest BCUT2D eigenvalue weighted by Gasteiger charge is -2.11. The van der Waals surface area contributed by atoms with Crippen LogP contribution in [0.4, 0.5) is 5.69 Å². The number of esters is 2. The van der Waals surface area contributed by atoms with E-state index in [1.54, 1.807) is 0 Å². The van der Waals surface area contributed by atoms with Gasteiger partial charge in [0.1, 0.15) is 0 Å². The van der Waals surface area contributed by atoms with Gasteiger partial charge in [0, 0.05) is 5.75 Å². The number of anilines is 1. The Balaban J connectivity index is 2.06. The first-order valence-electron chi connectivity index (χ1n) is 8.59. The number of nitrogens with one attached hydrogen (secondary N) is 1. The summed E-state index contributed by atoms with van der Waals surface area (Å²) in [5.41, 5.74) is 4.13. The molecule has 0 aromatic heterocycles. The Morgan fingerprint density at radius 2 is 1.57 bits per heavy atom. The van der Waals surface area contributed by atoms with Gasteiger partial charge in [0.25, 0.3) is 0 Å². The first-order valence-corrected chi connectivity index (χ1v) is 9.75. The van der Waals surface area contributed by atoms with E-state index in [1.165, 1.54) is 55.3 Å². The molecular weight excluding hydrogens is 378 g/mol. The van der Waals surface area contributed by atoms with Gasteiger partial charge in [0.15, 0.2) is 0 Å². The third kappa shape index (κ3) is 5.85. The molecule has 0 spiro atoms. The number of carbonyl (C=O) groups is 3. The van der Waals surface area contributed by atoms with Gasteiger partial charge >= 0.3 is 11.9 Å². The largest absolute Gasteiger partial charge is 0.465 e. The quantitative estimate of drug-likeness (QED) is 0.712. The molecule has 0 fully saturated rings. The molecule has 1 amide bonds. The van der Waals surface area contributed by atoms with Crippen molar-refractivity contribution in [2.75, 3.05) is 25.3 Å². The third-order valence-corrected chi connectivity index (χ3v) is 4.91. The van der Waals surface area contributed by atoms with Crippen molar-refractivity contribution in [3.05, 3.63) is 64.2 Å². The zero-order chi connectivity index (χ0) is 20.7. The normalized spacial score (nSPS) is 10.3. The average Bonchev–Trinajstić information content (AvgIpc) is 2.66. The Morgan fingerprint density at radius 3 is 2.18 bits per heavy atom. The maximum atomic E-state index is 12.4. The molecule has 6 nitrogen and oxygen atoms in total. The summed E-state index contributed by atoms with van der Waals surface area (Å²) in [6, 6.07) is 10.6. The van der Waals surface area contributed by atoms with Crippen molar-refractivity contribution < 1.29 is 23.9 Å². The molecule has 0 aliphatic carbocycles. The van der Waals surface area contributed by atoms with Gasteiger partial charge in [0.05, 0.1) is 36.8 Å². The van der Waals surface area contributed by atoms with Crippen molar-refractivity contribution in [1.29, 1.82) is 0 Å². The third-order valence-electron chi connectivity index (χ3n) is 3.90. The zero-order valence-electron chi connectivity index (χ0n) is 16.3. The summed E-state index contributed by atoms with van der Waals surface area (Å²) in [4.78, 5) is 36.0. The number of ether oxygens (including phenoxy) is 2. The highest BCUT2D eigenvalue weighted by atomic mass is 32.2. The van der Waals surface area contributed by atoms with Crippen LogP contribution >= 0.6 is 11.8 Å². The molecule has 0 aliphatic heterocycles. The fourth-order valence-corrected chi connectivity index (χ4v) is 3.54. The standard InChI is InChI=1S/C21H23NO5S/c1-13-7-14(2)9-15(8-13)11-28-12-19(23)22-18-10-16(20(24)26-3)5-6-17(18)21(25)27-4/h5-10H,11-12H2,1-4H3,(H,22,23). The van der Waals surface area contributed by atoms with Crippen molar-refractivity contribution in [2.24, 2.45) is 0 Å². The number of methoxy groups -OCH3 is 2. The van der Waals surface area contributed by atoms with Gasteiger partial charge in [-0.1, -0.05) is 29.3 Å². The molecule has 0 bridgehead atoms. The average molecular weight is 401 g/mol. The summed E-state index contributed by atoms with van der Waals surface area (Å²) < 4.78 is 9.42. The van der Waals surface area contributed by atoms with Gasteiger partial charge in [-0.05, 0) is 37.6 Å². The minimum atomic E-state index is -0.602. The molecule has 7 heteroatoms. The second-order valence-electron chi connectivity index (χ2n) is 6.28. The molecule has 2 aromatic carbocycles. The molecule has 2 rings (SSSR count). The highest BCUT2D eigenvalue weighted by Crippen LogP contribution is 2.21. The predicted octanol–water partition coefficient (Wildman–Crippen LogP) is 3.75. The second-order valence-corrected chi connectivity index (χ2v) is 7.27. The highest BCUT2D eigenvalue weighted by Gasteiger charge is 2.17. The summed E-state index contributed by atoms with van der Waals surface area (Å²) in [5, 5.41) is 2.69. The van der Waals surface area contributed by atoms with Crippen LogP contribution in [-0.4, -0.2) is 37.8 Å². The van der Waals surface area contributed by atoms with E-state index in [1.807, 2.05) is 13.8 Å². The summed E-state index contributed by atoms with van der Waals surface area (Å²) >= 11 is 1.47. The lowest BCUT2D eigenvalue weighted by atomic mass is 10.1. The van der Waals surface area contributed by atoms with Gasteiger partial charge in [0.2, 0.25) is 5.91 Å². The number of rotatable bonds is 7. The molecule has 2 aromatic rings. The Kier molecular flexibility index (Phi) is 7.63. The van der Waals surface area contributed by atoms with Crippen LogP contribution in [0, 0.1) is 13.8 Å². The predicted molar refractivity (Wildman–Crippen MR) is 110 cm³/mol. The second kappa shape index (κ2) is 9.94. The number of aryl methyl sites for hydroxylation is 2. The Morgan fingerprint density at radius 1 is 0.929 bits per heavy atom. The van der Waals surface area contributed by atoms with E-state index in [2.05, 4.69) is 28.3 Å². The van der Waals surface area contributed by atoms with E-state index in [9.17, 15) is 14.4 Å². The van der Waals surface area contributed by atoms with Crippen LogP contribution in [-0.2, 0) is 20.0 Å². The van der Waals surface area contributed by atoms with Crippen LogP contribution in [0.25, 0.3) is 0 Å². The van der Waals surface area contributed by atoms with Gasteiger partial charge in [-0.3, -0.25) is 4.79 Å². The van der Waals surface area contributed by atoms with Crippen molar-refractivity contribution in [3.63, 3.8) is 0 Å². The van der Waals surface area contributed by atoms with Crippen LogP contribution in [0.2, 0.25) is 0 Å². The van der Waals surface area contributed by atoms with Gasteiger partial charge < -0.3 is 14.8 Å². The monoisotopic (exact) mass is 401 g/mol. The van der Waals surface area contributed by atoms with Crippen molar-refractivity contribution >= 4 is 35.3 Å². The van der Waals surface area contributed by atoms with Gasteiger partial charge in [-0.25, -0.2) is 9.59 Å². The van der Waals surface area contributed by atoms with Gasteiger partial charge in [-0.15, -0.1) is 11.8 Å². The van der Waals surface area contributed by atoms with E-state index < -0.39 is 11.9 Å². The minimum absolute atomic E-state index is 0.169. The minimum Gasteiger partial charge on any atom is -0.465 e. The fourth-order valence-electron chi connectivity index (χ4n) is 2.78. The summed E-state index contributed by atoms with van der Waals surface area (Å²) in [7, 11) is 2.51. The molecule has 0 atom stereocenters. The Labute approximate surface area is 168 Å². The molecule has 0 saturated carbocycles. The number of hydrogen-bond acceptors (Lipinski definition) is 6. The number of benzene rings is 2. The van der Waals surface area contributed by atoms with E-state index in [0.29, 0.717) is 5.75 Å². The molecule has 0 aliphatic rings. The van der Waals surface area contributed by atoms with Crippen LogP contribution < -0.4 is 5.32 Å². The van der Waals surface area contributed by atoms with Crippen LogP contribution in [0.5, 0.6) is 0 Å². The summed E-state index contributed by atoms with van der Waals surface area (Å²) in [5.74, 6) is -0.537. The van der Waals surface area contributed by atoms with E-state index >= 15 is 0 Å². The number of hydrogen-bond donors (Lipinski definition) is 1. The molecule has 0 saturated heterocycles. The van der Waals surface area contributed by atoms with Crippen LogP contribution in [0.1, 0.15) is 37.4 Å². The lowest BCUT2D eigenvalue weighted by Crippen LogP contribution is -2.18. The Hall–Kier alpha value is -2.80. The van der Waals surface area contributed by atoms with Crippen molar-refractivity contribution in [3.8, 4) is 0 Å². The molecule has 0 radical (unpaired) electrons. The number of carbonyl (C=O) groups excluding carboxylic acids is 3. The van der Waals surface area contributed by atoms with Crippen LogP contribution in [0.15, 0.2) is 36.4 Å². The molecule has 148 valence electrons. The molecule has 0 unspecified atom stereocenters. The topological polar surface area (TPSA) is 81.7 Å². The lowest BCUT2D eigenvalue weighted by molar-refractivity contribution is -0.113. The Bertz CT molecular complexity index is 874. The SMILES string of the molecule is COC(=O)c1ccc(C(=O)OC)c(NC(=O)CSCc2cc(C)cc(C)c2)c1. The smallest absolute Gasteiger partial charge is 0.339 e. The van der Waals surface area contributed by atoms with E-state index in [-0.39, 0.29) is 28.5 Å². The van der Waals surface area contributed by atoms with E-state index in [0.717, 1.165) is 5.56 Å². The summed E-state index contributed by atoms with van der Waals surface area (Å²) in [6.45, 7) is 4.08. The fraction of sp³-hybridized carbons (Fsp3) is 0.286. The van der Waals surface area contributed by atoms with E-state index in [4.69, 9.17) is 4.74 Å². The summed E-state index contributed by atoms with van der Waals surface area (Å²) in [6.07, 6.45) is 0. The van der Waals surface area contributed by atoms with Crippen molar-refractivity contribution in [2.45, 2.75) is 19.6 Å². The van der Waals surface area contributed by atoms with Crippen molar-refractivity contribution in [1.82, 2.24) is 0 Å². The molecule has 0 heterocycles. The number of amides is 1. The molecular formula is C21H23NO5S. The van der Waals surface area contributed by atoms with Crippen LogP contribution in [0.3, 0.4) is 0 Å². The molecule has 1 N–H and O–H groups in total. The first kappa shape index (κ1) is 21.5. The maximum Gasteiger partial charge on any atom is 0.339 e. The molecule has 28 heavy (non-hydrogen) atoms.